The van der Waals surface area contributed by atoms with Gasteiger partial charge in [-0.3, -0.25) is 29.5 Å². The van der Waals surface area contributed by atoms with Crippen LogP contribution in [0.2, 0.25) is 10.0 Å². The fourth-order valence-electron chi connectivity index (χ4n) is 9.45. The largest absolute Gasteiger partial charge is 0.507 e. The molecular formula is C42H35Cl2F3N4O5. The van der Waals surface area contributed by atoms with Gasteiger partial charge in [0.25, 0.3) is 11.8 Å². The molecule has 1 saturated carbocycles. The number of imide groups is 2. The van der Waals surface area contributed by atoms with Crippen LogP contribution in [0.25, 0.3) is 0 Å². The zero-order valence-electron chi connectivity index (χ0n) is 30.3. The Kier molecular flexibility index (Phi) is 9.08. The number of aromatic nitrogens is 1. The van der Waals surface area contributed by atoms with Crippen molar-refractivity contribution in [3.8, 4) is 5.75 Å². The van der Waals surface area contributed by atoms with E-state index in [1.54, 1.807) is 62.4 Å². The van der Waals surface area contributed by atoms with Crippen molar-refractivity contribution in [3.63, 3.8) is 0 Å². The number of halogens is 5. The summed E-state index contributed by atoms with van der Waals surface area (Å²) in [6, 6.07) is 17.9. The Morgan fingerprint density at radius 1 is 0.911 bits per heavy atom. The molecular weight excluding hydrogens is 768 g/mol. The van der Waals surface area contributed by atoms with Gasteiger partial charge in [-0.15, -0.1) is 0 Å². The highest BCUT2D eigenvalue weighted by Crippen LogP contribution is 2.64. The van der Waals surface area contributed by atoms with E-state index < -0.39 is 69.5 Å². The average Bonchev–Trinajstić information content (AvgIpc) is 3.54. The number of phenols is 1. The molecule has 1 aromatic heterocycles. The van der Waals surface area contributed by atoms with Gasteiger partial charge in [-0.05, 0) is 97.2 Å². The summed E-state index contributed by atoms with van der Waals surface area (Å²) in [6.07, 6.45) is -1.31. The number of nitrogens with zero attached hydrogens (tertiary/aromatic N) is 3. The monoisotopic (exact) mass is 802 g/mol. The summed E-state index contributed by atoms with van der Waals surface area (Å²) in [6.45, 7) is 5.45. The molecule has 14 heteroatoms. The van der Waals surface area contributed by atoms with E-state index in [1.165, 1.54) is 4.90 Å². The molecule has 4 amide bonds. The van der Waals surface area contributed by atoms with Crippen LogP contribution in [0.1, 0.15) is 59.1 Å². The van der Waals surface area contributed by atoms with Crippen LogP contribution in [-0.4, -0.2) is 38.7 Å². The smallest absolute Gasteiger partial charge is 0.417 e. The zero-order valence-corrected chi connectivity index (χ0v) is 31.8. The van der Waals surface area contributed by atoms with Gasteiger partial charge >= 0.3 is 6.18 Å². The van der Waals surface area contributed by atoms with Gasteiger partial charge in [0.05, 0.1) is 39.4 Å². The van der Waals surface area contributed by atoms with Gasteiger partial charge in [-0.2, -0.15) is 18.2 Å². The van der Waals surface area contributed by atoms with E-state index in [4.69, 9.17) is 23.2 Å². The van der Waals surface area contributed by atoms with Crippen LogP contribution in [0.3, 0.4) is 0 Å². The van der Waals surface area contributed by atoms with E-state index in [1.807, 2.05) is 25.1 Å². The van der Waals surface area contributed by atoms with Crippen LogP contribution in [0, 0.1) is 37.5 Å². The second-order valence-corrected chi connectivity index (χ2v) is 15.8. The maximum absolute atomic E-state index is 15.4. The number of rotatable bonds is 6. The number of phenolic OH excluding ortho intramolecular Hbond substituents is 1. The molecule has 8 rings (SSSR count). The number of carbonyl (C=O) groups excluding carboxylic acids is 4. The summed E-state index contributed by atoms with van der Waals surface area (Å²) in [7, 11) is 0. The first kappa shape index (κ1) is 37.7. The number of aryl methyl sites for hydroxylation is 3. The number of aromatic hydroxyl groups is 1. The van der Waals surface area contributed by atoms with Gasteiger partial charge in [-0.1, -0.05) is 78.2 Å². The van der Waals surface area contributed by atoms with Crippen LogP contribution in [0.4, 0.5) is 24.7 Å². The summed E-state index contributed by atoms with van der Waals surface area (Å²) in [5.41, 5.74) is 4.06. The summed E-state index contributed by atoms with van der Waals surface area (Å²) < 4.78 is 40.5. The highest BCUT2D eigenvalue weighted by atomic mass is 35.5. The maximum atomic E-state index is 15.4. The molecule has 2 saturated heterocycles. The van der Waals surface area contributed by atoms with E-state index >= 15 is 4.79 Å². The Hall–Kier alpha value is -5.20. The molecule has 0 spiro atoms. The first-order valence-electron chi connectivity index (χ1n) is 18.2. The van der Waals surface area contributed by atoms with E-state index in [9.17, 15) is 32.7 Å². The number of nitrogens with one attached hydrogen (secondary N) is 1. The van der Waals surface area contributed by atoms with Gasteiger partial charge in [0.1, 0.15) is 5.75 Å². The molecule has 6 atom stereocenters. The van der Waals surface area contributed by atoms with E-state index in [0.717, 1.165) is 17.0 Å². The molecule has 2 aliphatic carbocycles. The number of hydrogen-bond acceptors (Lipinski definition) is 7. The number of hydrogen-bond donors (Lipinski definition) is 2. The van der Waals surface area contributed by atoms with Crippen LogP contribution >= 0.6 is 23.2 Å². The number of carbonyl (C=O) groups is 4. The topological polar surface area (TPSA) is 120 Å². The minimum absolute atomic E-state index is 0.0132. The van der Waals surface area contributed by atoms with Gasteiger partial charge < -0.3 is 5.11 Å². The third-order valence-corrected chi connectivity index (χ3v) is 12.5. The van der Waals surface area contributed by atoms with Gasteiger partial charge in [-0.25, -0.2) is 4.98 Å². The fraction of sp³-hybridized carbons (Fsp3) is 0.310. The fourth-order valence-corrected chi connectivity index (χ4v) is 9.78. The van der Waals surface area contributed by atoms with Gasteiger partial charge in [0.2, 0.25) is 11.8 Å². The van der Waals surface area contributed by atoms with Crippen LogP contribution < -0.4 is 10.3 Å². The van der Waals surface area contributed by atoms with Gasteiger partial charge in [0, 0.05) is 17.1 Å². The molecule has 2 aliphatic heterocycles. The lowest BCUT2D eigenvalue weighted by molar-refractivity contribution is -0.139. The van der Waals surface area contributed by atoms with Crippen LogP contribution in [0.15, 0.2) is 84.6 Å². The number of alkyl halides is 3. The number of amides is 4. The van der Waals surface area contributed by atoms with Crippen molar-refractivity contribution in [2.75, 3.05) is 10.3 Å². The SMILES string of the molecule is CCc1ccc(N2C(=O)C3CC=C4C(CC5C(=O)N(Nc6ncc(C(F)(F)F)cc6Cl)C(=O)C5(c5ccc(Cl)cc5)C4c4cc(C)c(O)c(C)c4)C3C2=O)cc1. The lowest BCUT2D eigenvalue weighted by Crippen LogP contribution is -2.53. The standard InChI is InChI=1S/C42H35Cl2F3N4O5/c1-4-22-5-11-27(12-6-22)50-37(53)29-14-13-28-30(33(29)39(50)55)18-31-38(54)51(49-36-32(44)17-25(19-48-36)42(45,46)47)40(56)41(31,24-7-9-26(43)10-8-24)34(28)23-15-20(2)35(52)21(3)16-23/h5-13,15-17,19,29-31,33-34,52H,4,14,18H2,1-3H3,(H,48,49). The Morgan fingerprint density at radius 2 is 1.57 bits per heavy atom. The molecule has 56 heavy (non-hydrogen) atoms. The summed E-state index contributed by atoms with van der Waals surface area (Å²) in [5.74, 6) is -6.79. The number of pyridine rings is 1. The number of benzene rings is 3. The molecule has 288 valence electrons. The van der Waals surface area contributed by atoms with E-state index in [2.05, 4.69) is 10.4 Å². The highest BCUT2D eigenvalue weighted by molar-refractivity contribution is 6.33. The molecule has 3 aromatic carbocycles. The highest BCUT2D eigenvalue weighted by Gasteiger charge is 2.70. The Bertz CT molecular complexity index is 2340. The van der Waals surface area contributed by atoms with Crippen molar-refractivity contribution < 1.29 is 37.5 Å². The van der Waals surface area contributed by atoms with Crippen molar-refractivity contribution in [1.29, 1.82) is 0 Å². The maximum Gasteiger partial charge on any atom is 0.417 e. The van der Waals surface area contributed by atoms with Crippen molar-refractivity contribution in [2.24, 2.45) is 23.7 Å². The molecule has 4 aromatic rings. The lowest BCUT2D eigenvalue weighted by atomic mass is 9.49. The third-order valence-electron chi connectivity index (χ3n) is 12.0. The molecule has 9 nitrogen and oxygen atoms in total. The van der Waals surface area contributed by atoms with E-state index in [0.29, 0.717) is 50.8 Å². The molecule has 0 radical (unpaired) electrons. The minimum Gasteiger partial charge on any atom is -0.507 e. The van der Waals surface area contributed by atoms with Crippen LogP contribution in [0.5, 0.6) is 5.75 Å². The number of fused-ring (bicyclic) bond motifs is 4. The third kappa shape index (κ3) is 5.62. The number of allylic oxidation sites excluding steroid dienone is 2. The average molecular weight is 804 g/mol. The molecule has 2 N–H and O–H groups in total. The lowest BCUT2D eigenvalue weighted by Gasteiger charge is -2.50. The number of hydrazine groups is 1. The first-order valence-corrected chi connectivity index (χ1v) is 18.9. The predicted octanol–water partition coefficient (Wildman–Crippen LogP) is 8.48. The normalized spacial score (nSPS) is 25.9. The Balaban J connectivity index is 1.31. The Morgan fingerprint density at radius 3 is 2.18 bits per heavy atom. The van der Waals surface area contributed by atoms with Crippen molar-refractivity contribution >= 4 is 58.3 Å². The first-order chi connectivity index (χ1) is 26.6. The van der Waals surface area contributed by atoms with Crippen molar-refractivity contribution in [2.45, 2.75) is 57.5 Å². The minimum atomic E-state index is -4.74. The summed E-state index contributed by atoms with van der Waals surface area (Å²) in [5, 5.41) is 11.5. The van der Waals surface area contributed by atoms with Gasteiger partial charge in [0.15, 0.2) is 5.82 Å². The summed E-state index contributed by atoms with van der Waals surface area (Å²) in [4.78, 5) is 64.0. The molecule has 3 heterocycles. The number of anilines is 2. The molecule has 4 aliphatic rings. The second-order valence-electron chi connectivity index (χ2n) is 15.0. The quantitative estimate of drug-likeness (QED) is 0.148. The predicted molar refractivity (Wildman–Crippen MR) is 203 cm³/mol. The molecule has 3 fully saturated rings. The molecule has 0 bridgehead atoms. The van der Waals surface area contributed by atoms with E-state index in [-0.39, 0.29) is 30.3 Å². The second kappa shape index (κ2) is 13.5. The van der Waals surface area contributed by atoms with Crippen molar-refractivity contribution in [3.05, 3.63) is 128 Å². The Labute approximate surface area is 330 Å². The summed E-state index contributed by atoms with van der Waals surface area (Å²) >= 11 is 12.6. The molecule has 6 unspecified atom stereocenters. The zero-order chi connectivity index (χ0) is 40.0. The van der Waals surface area contributed by atoms with Crippen molar-refractivity contribution in [1.82, 2.24) is 9.99 Å². The van der Waals surface area contributed by atoms with Crippen LogP contribution in [-0.2, 0) is 37.2 Å².